The van der Waals surface area contributed by atoms with E-state index in [0.29, 0.717) is 18.5 Å². The summed E-state index contributed by atoms with van der Waals surface area (Å²) in [5.74, 6) is 0.614. The van der Waals surface area contributed by atoms with E-state index in [1.807, 2.05) is 20.8 Å². The maximum absolute atomic E-state index is 11.6. The van der Waals surface area contributed by atoms with Crippen molar-refractivity contribution in [2.45, 2.75) is 51.7 Å². The Morgan fingerprint density at radius 3 is 2.72 bits per heavy atom. The highest BCUT2D eigenvalue weighted by Gasteiger charge is 2.25. The van der Waals surface area contributed by atoms with Crippen molar-refractivity contribution < 1.29 is 9.53 Å². The number of nitrogens with zero attached hydrogens (tertiary/aromatic N) is 2. The molecule has 142 valence electrons. The summed E-state index contributed by atoms with van der Waals surface area (Å²) in [6.45, 7) is 9.80. The van der Waals surface area contributed by atoms with Crippen LogP contribution in [0.5, 0.6) is 0 Å². The Morgan fingerprint density at radius 2 is 2.16 bits per heavy atom. The van der Waals surface area contributed by atoms with Gasteiger partial charge in [0, 0.05) is 25.7 Å². The van der Waals surface area contributed by atoms with E-state index in [9.17, 15) is 4.79 Å². The molecule has 1 saturated heterocycles. The summed E-state index contributed by atoms with van der Waals surface area (Å²) in [7, 11) is 4.35. The normalized spacial score (nSPS) is 24.5. The van der Waals surface area contributed by atoms with E-state index < -0.39 is 5.60 Å². The molecule has 5 nitrogen and oxygen atoms in total. The van der Waals surface area contributed by atoms with Crippen LogP contribution in [-0.4, -0.2) is 67.8 Å². The molecule has 0 aromatic carbocycles. The second-order valence-corrected chi connectivity index (χ2v) is 8.48. The van der Waals surface area contributed by atoms with Gasteiger partial charge in [0.05, 0.1) is 0 Å². The van der Waals surface area contributed by atoms with E-state index >= 15 is 0 Å². The molecule has 1 fully saturated rings. The van der Waals surface area contributed by atoms with E-state index in [0.717, 1.165) is 19.4 Å². The van der Waals surface area contributed by atoms with Gasteiger partial charge in [0.15, 0.2) is 0 Å². The molecule has 0 saturated carbocycles. The minimum Gasteiger partial charge on any atom is -0.444 e. The van der Waals surface area contributed by atoms with Crippen LogP contribution in [0.2, 0.25) is 0 Å². The topological polar surface area (TPSA) is 44.8 Å². The maximum Gasteiger partial charge on any atom is 0.407 e. The van der Waals surface area contributed by atoms with E-state index in [1.54, 1.807) is 0 Å². The highest BCUT2D eigenvalue weighted by atomic mass is 16.6. The number of hydrogen-bond donors (Lipinski definition) is 1. The Hall–Kier alpha value is -1.33. The van der Waals surface area contributed by atoms with Crippen LogP contribution in [0.15, 0.2) is 23.8 Å². The molecule has 0 bridgehead atoms. The third-order valence-corrected chi connectivity index (χ3v) is 4.82. The number of alkyl carbamates (subject to hydrolysis) is 1. The lowest BCUT2D eigenvalue weighted by Gasteiger charge is -2.24. The Morgan fingerprint density at radius 1 is 1.40 bits per heavy atom. The minimum atomic E-state index is -0.442. The zero-order valence-corrected chi connectivity index (χ0v) is 16.5. The standard InChI is InChI=1S/C20H35N3O2/c1-20(2,3)25-19(24)21-12-10-16-6-8-17(9-7-16)14-23-13-11-18(15-23)22(4)5/h6-8,17-18H,9-15H2,1-5H3,(H,21,24). The van der Waals surface area contributed by atoms with Crippen LogP contribution in [0.1, 0.15) is 40.0 Å². The van der Waals surface area contributed by atoms with Crippen LogP contribution in [0, 0.1) is 5.92 Å². The number of hydrogen-bond acceptors (Lipinski definition) is 4. The Labute approximate surface area is 153 Å². The lowest BCUT2D eigenvalue weighted by atomic mass is 9.95. The number of carbonyl (C=O) groups excluding carboxylic acids is 1. The quantitative estimate of drug-likeness (QED) is 0.800. The van der Waals surface area contributed by atoms with Crippen molar-refractivity contribution >= 4 is 6.09 Å². The largest absolute Gasteiger partial charge is 0.444 e. The SMILES string of the molecule is CN(C)C1CCN(CC2C=CC(CCNC(=O)OC(C)(C)C)=CC2)C1. The Kier molecular flexibility index (Phi) is 7.08. The number of carbonyl (C=O) groups is 1. The predicted molar refractivity (Wildman–Crippen MR) is 103 cm³/mol. The number of rotatable bonds is 6. The first-order chi connectivity index (χ1) is 11.7. The molecule has 1 amide bonds. The lowest BCUT2D eigenvalue weighted by molar-refractivity contribution is 0.0528. The van der Waals surface area contributed by atoms with Crippen LogP contribution in [0.3, 0.4) is 0 Å². The fourth-order valence-electron chi connectivity index (χ4n) is 3.38. The minimum absolute atomic E-state index is 0.338. The van der Waals surface area contributed by atoms with E-state index in [1.165, 1.54) is 25.1 Å². The molecule has 2 rings (SSSR count). The van der Waals surface area contributed by atoms with Crippen LogP contribution in [0.25, 0.3) is 0 Å². The molecule has 1 N–H and O–H groups in total. The molecule has 0 aromatic rings. The first-order valence-electron chi connectivity index (χ1n) is 9.46. The van der Waals surface area contributed by atoms with Crippen molar-refractivity contribution in [3.63, 3.8) is 0 Å². The molecule has 2 unspecified atom stereocenters. The zero-order chi connectivity index (χ0) is 18.4. The summed E-state index contributed by atoms with van der Waals surface area (Å²) in [4.78, 5) is 16.6. The van der Waals surface area contributed by atoms with Crippen molar-refractivity contribution in [3.05, 3.63) is 23.8 Å². The molecule has 25 heavy (non-hydrogen) atoms. The monoisotopic (exact) mass is 349 g/mol. The van der Waals surface area contributed by atoms with E-state index in [4.69, 9.17) is 4.74 Å². The van der Waals surface area contributed by atoms with Gasteiger partial charge in [-0.05, 0) is 66.6 Å². The predicted octanol–water partition coefficient (Wildman–Crippen LogP) is 3.04. The lowest BCUT2D eigenvalue weighted by Crippen LogP contribution is -2.33. The van der Waals surface area contributed by atoms with Crippen LogP contribution >= 0.6 is 0 Å². The van der Waals surface area contributed by atoms with Gasteiger partial charge >= 0.3 is 6.09 Å². The molecule has 1 aliphatic carbocycles. The molecule has 0 radical (unpaired) electrons. The molecule has 5 heteroatoms. The number of amides is 1. The molecular formula is C20H35N3O2. The van der Waals surface area contributed by atoms with Crippen LogP contribution in [0.4, 0.5) is 4.79 Å². The van der Waals surface area contributed by atoms with E-state index in [-0.39, 0.29) is 6.09 Å². The first kappa shape index (κ1) is 20.0. The van der Waals surface area contributed by atoms with Crippen molar-refractivity contribution in [2.75, 3.05) is 40.3 Å². The van der Waals surface area contributed by atoms with Crippen molar-refractivity contribution in [2.24, 2.45) is 5.92 Å². The number of allylic oxidation sites excluding steroid dienone is 2. The maximum atomic E-state index is 11.6. The molecule has 1 aliphatic heterocycles. The molecule has 1 heterocycles. The van der Waals surface area contributed by atoms with Gasteiger partial charge in [-0.15, -0.1) is 0 Å². The molecule has 2 atom stereocenters. The number of ether oxygens (including phenoxy) is 1. The van der Waals surface area contributed by atoms with Crippen molar-refractivity contribution in [1.29, 1.82) is 0 Å². The summed E-state index contributed by atoms with van der Waals surface area (Å²) >= 11 is 0. The highest BCUT2D eigenvalue weighted by molar-refractivity contribution is 5.67. The summed E-state index contributed by atoms with van der Waals surface area (Å²) in [5.41, 5.74) is 0.863. The van der Waals surface area contributed by atoms with Gasteiger partial charge in [-0.2, -0.15) is 0 Å². The molecular weight excluding hydrogens is 314 g/mol. The van der Waals surface area contributed by atoms with Gasteiger partial charge < -0.3 is 19.9 Å². The first-order valence-corrected chi connectivity index (χ1v) is 9.46. The molecule has 0 aromatic heterocycles. The van der Waals surface area contributed by atoms with Crippen LogP contribution in [-0.2, 0) is 4.74 Å². The third kappa shape index (κ3) is 7.20. The van der Waals surface area contributed by atoms with Gasteiger partial charge in [0.1, 0.15) is 5.60 Å². The van der Waals surface area contributed by atoms with Gasteiger partial charge in [0.25, 0.3) is 0 Å². The smallest absolute Gasteiger partial charge is 0.407 e. The van der Waals surface area contributed by atoms with Gasteiger partial charge in [0.2, 0.25) is 0 Å². The average molecular weight is 350 g/mol. The van der Waals surface area contributed by atoms with E-state index in [2.05, 4.69) is 47.4 Å². The number of nitrogens with one attached hydrogen (secondary N) is 1. The summed E-state index contributed by atoms with van der Waals surface area (Å²) in [5, 5.41) is 2.82. The van der Waals surface area contributed by atoms with Gasteiger partial charge in [-0.25, -0.2) is 4.79 Å². The fraction of sp³-hybridized carbons (Fsp3) is 0.750. The second-order valence-electron chi connectivity index (χ2n) is 8.48. The van der Waals surface area contributed by atoms with Crippen molar-refractivity contribution in [3.8, 4) is 0 Å². The van der Waals surface area contributed by atoms with Crippen molar-refractivity contribution in [1.82, 2.24) is 15.1 Å². The molecule has 2 aliphatic rings. The van der Waals surface area contributed by atoms with Gasteiger partial charge in [-0.1, -0.05) is 23.8 Å². The fourth-order valence-corrected chi connectivity index (χ4v) is 3.38. The summed E-state index contributed by atoms with van der Waals surface area (Å²) in [6.07, 6.45) is 9.78. The van der Waals surface area contributed by atoms with Crippen LogP contribution < -0.4 is 5.32 Å². The third-order valence-electron chi connectivity index (χ3n) is 4.82. The zero-order valence-electron chi connectivity index (χ0n) is 16.5. The summed E-state index contributed by atoms with van der Waals surface area (Å²) in [6, 6.07) is 0.706. The average Bonchev–Trinajstić information content (AvgIpc) is 2.96. The number of likely N-dealkylation sites (tertiary alicyclic amines) is 1. The van der Waals surface area contributed by atoms with Gasteiger partial charge in [-0.3, -0.25) is 0 Å². The highest BCUT2D eigenvalue weighted by Crippen LogP contribution is 2.22. The summed E-state index contributed by atoms with van der Waals surface area (Å²) < 4.78 is 5.25. The number of likely N-dealkylation sites (N-methyl/N-ethyl adjacent to an activating group) is 1. The second kappa shape index (κ2) is 8.86. The Balaban J connectivity index is 1.64. The Bertz CT molecular complexity index is 506. The molecule has 0 spiro atoms.